The van der Waals surface area contributed by atoms with Crippen molar-refractivity contribution in [1.29, 1.82) is 0 Å². The zero-order chi connectivity index (χ0) is 19.2. The molecule has 2 heterocycles. The summed E-state index contributed by atoms with van der Waals surface area (Å²) in [5, 5.41) is 0. The van der Waals surface area contributed by atoms with Crippen molar-refractivity contribution in [3.05, 3.63) is 76.9 Å². The van der Waals surface area contributed by atoms with Gasteiger partial charge in [0.25, 0.3) is 0 Å². The van der Waals surface area contributed by atoms with Gasteiger partial charge in [-0.2, -0.15) is 0 Å². The predicted molar refractivity (Wildman–Crippen MR) is 122 cm³/mol. The summed E-state index contributed by atoms with van der Waals surface area (Å²) < 4.78 is 0. The van der Waals surface area contributed by atoms with Crippen LogP contribution in [-0.4, -0.2) is 30.3 Å². The first-order valence-corrected chi connectivity index (χ1v) is 11.9. The molecule has 2 aliphatic heterocycles. The van der Waals surface area contributed by atoms with Gasteiger partial charge < -0.3 is 4.90 Å². The summed E-state index contributed by atoms with van der Waals surface area (Å²) in [6.07, 6.45) is 10.1. The average molecular weight is 392 g/mol. The third-order valence-electron chi connectivity index (χ3n) is 6.27. The molecular formula is C26H33NS. The zero-order valence-electron chi connectivity index (χ0n) is 17.2. The number of hydrogen-bond donors (Lipinski definition) is 0. The minimum absolute atomic E-state index is 0.871. The predicted octanol–water partition coefficient (Wildman–Crippen LogP) is 6.30. The van der Waals surface area contributed by atoms with Crippen LogP contribution in [0.2, 0.25) is 0 Å². The monoisotopic (exact) mass is 391 g/mol. The fraction of sp³-hybridized carbons (Fsp3) is 0.462. The van der Waals surface area contributed by atoms with Crippen molar-refractivity contribution in [2.24, 2.45) is 5.92 Å². The number of aryl methyl sites for hydroxylation is 1. The van der Waals surface area contributed by atoms with E-state index in [0.29, 0.717) is 0 Å². The number of thioether (sulfide) groups is 1. The van der Waals surface area contributed by atoms with Gasteiger partial charge in [0, 0.05) is 17.2 Å². The van der Waals surface area contributed by atoms with Crippen molar-refractivity contribution in [3.63, 3.8) is 0 Å². The number of likely N-dealkylation sites (tertiary alicyclic amines) is 1. The van der Waals surface area contributed by atoms with Crippen LogP contribution in [0.3, 0.4) is 0 Å². The van der Waals surface area contributed by atoms with E-state index in [-0.39, 0.29) is 0 Å². The molecule has 28 heavy (non-hydrogen) atoms. The highest BCUT2D eigenvalue weighted by atomic mass is 32.2. The number of rotatable bonds is 5. The van der Waals surface area contributed by atoms with Crippen molar-refractivity contribution < 1.29 is 0 Å². The maximum Gasteiger partial charge on any atom is 0.0108 e. The molecule has 0 amide bonds. The van der Waals surface area contributed by atoms with Crippen molar-refractivity contribution in [2.45, 2.75) is 50.3 Å². The number of allylic oxidation sites excluding steroid dienone is 1. The van der Waals surface area contributed by atoms with Crippen LogP contribution < -0.4 is 0 Å². The molecule has 2 aromatic rings. The Balaban J connectivity index is 1.23. The number of hydrogen-bond acceptors (Lipinski definition) is 2. The molecule has 0 radical (unpaired) electrons. The van der Waals surface area contributed by atoms with E-state index < -0.39 is 0 Å². The van der Waals surface area contributed by atoms with Crippen LogP contribution in [0, 0.1) is 12.8 Å². The lowest BCUT2D eigenvalue weighted by atomic mass is 9.90. The SMILES string of the molecule is Cc1ccc2c(c1)C/C(=C\CCN1CCC(Cc3ccccc3)CC1)CCS2. The van der Waals surface area contributed by atoms with E-state index in [2.05, 4.69) is 66.4 Å². The summed E-state index contributed by atoms with van der Waals surface area (Å²) >= 11 is 2.03. The number of nitrogens with zero attached hydrogens (tertiary/aromatic N) is 1. The largest absolute Gasteiger partial charge is 0.303 e. The second kappa shape index (κ2) is 9.80. The highest BCUT2D eigenvalue weighted by Gasteiger charge is 2.19. The van der Waals surface area contributed by atoms with E-state index in [9.17, 15) is 0 Å². The van der Waals surface area contributed by atoms with Crippen molar-refractivity contribution in [3.8, 4) is 0 Å². The molecule has 0 unspecified atom stereocenters. The molecule has 2 aromatic carbocycles. The van der Waals surface area contributed by atoms with Gasteiger partial charge >= 0.3 is 0 Å². The van der Waals surface area contributed by atoms with Gasteiger partial charge in [-0.15, -0.1) is 11.8 Å². The summed E-state index contributed by atoms with van der Waals surface area (Å²) in [5.41, 5.74) is 6.08. The highest BCUT2D eigenvalue weighted by Crippen LogP contribution is 2.32. The molecule has 0 aliphatic carbocycles. The summed E-state index contributed by atoms with van der Waals surface area (Å²) in [7, 11) is 0. The zero-order valence-corrected chi connectivity index (χ0v) is 18.0. The lowest BCUT2D eigenvalue weighted by Gasteiger charge is -2.31. The van der Waals surface area contributed by atoms with E-state index in [0.717, 1.165) is 12.3 Å². The molecule has 4 rings (SSSR count). The first-order valence-electron chi connectivity index (χ1n) is 10.9. The average Bonchev–Trinajstić information content (AvgIpc) is 2.91. The molecule has 148 valence electrons. The van der Waals surface area contributed by atoms with E-state index in [1.165, 1.54) is 79.1 Å². The van der Waals surface area contributed by atoms with Gasteiger partial charge in [-0.1, -0.05) is 59.7 Å². The second-order valence-electron chi connectivity index (χ2n) is 8.51. The van der Waals surface area contributed by atoms with Crippen LogP contribution in [-0.2, 0) is 12.8 Å². The fourth-order valence-electron chi connectivity index (χ4n) is 4.60. The molecule has 0 saturated carbocycles. The molecule has 2 heteroatoms. The fourth-order valence-corrected chi connectivity index (χ4v) is 5.66. The first-order chi connectivity index (χ1) is 13.8. The molecule has 1 saturated heterocycles. The molecule has 1 fully saturated rings. The van der Waals surface area contributed by atoms with E-state index in [1.54, 1.807) is 5.57 Å². The Bertz CT molecular complexity index is 787. The molecule has 0 aromatic heterocycles. The minimum Gasteiger partial charge on any atom is -0.303 e. The standard InChI is InChI=1S/C26H33NS/c1-21-9-10-26-25(18-21)20-23(13-17-28-26)8-5-14-27-15-11-24(12-16-27)19-22-6-3-2-4-7-22/h2-4,6-10,18,24H,5,11-17,19-20H2,1H3/b23-8-. The van der Waals surface area contributed by atoms with Gasteiger partial charge in [-0.25, -0.2) is 0 Å². The highest BCUT2D eigenvalue weighted by molar-refractivity contribution is 7.99. The smallest absolute Gasteiger partial charge is 0.0108 e. The van der Waals surface area contributed by atoms with Crippen LogP contribution in [0.15, 0.2) is 65.1 Å². The van der Waals surface area contributed by atoms with Gasteiger partial charge in [0.15, 0.2) is 0 Å². The number of benzene rings is 2. The molecule has 1 nitrogen and oxygen atoms in total. The maximum absolute atomic E-state index is 2.68. The maximum atomic E-state index is 2.68. The summed E-state index contributed by atoms with van der Waals surface area (Å²) in [6.45, 7) is 5.99. The van der Waals surface area contributed by atoms with Crippen molar-refractivity contribution in [2.75, 3.05) is 25.4 Å². The van der Waals surface area contributed by atoms with Crippen LogP contribution in [0.4, 0.5) is 0 Å². The number of piperidine rings is 1. The van der Waals surface area contributed by atoms with E-state index in [1.807, 2.05) is 11.8 Å². The Morgan fingerprint density at radius 2 is 1.89 bits per heavy atom. The Morgan fingerprint density at radius 1 is 1.07 bits per heavy atom. The molecule has 0 N–H and O–H groups in total. The summed E-state index contributed by atoms with van der Waals surface area (Å²) in [6, 6.07) is 18.0. The topological polar surface area (TPSA) is 3.24 Å². The molecule has 0 spiro atoms. The Labute approximate surface area is 175 Å². The third-order valence-corrected chi connectivity index (χ3v) is 7.38. The lowest BCUT2D eigenvalue weighted by molar-refractivity contribution is 0.187. The molecule has 0 atom stereocenters. The Kier molecular flexibility index (Phi) is 6.93. The van der Waals surface area contributed by atoms with Crippen LogP contribution in [0.5, 0.6) is 0 Å². The molecule has 0 bridgehead atoms. The van der Waals surface area contributed by atoms with Crippen molar-refractivity contribution >= 4 is 11.8 Å². The second-order valence-corrected chi connectivity index (χ2v) is 9.65. The molecule has 2 aliphatic rings. The van der Waals surface area contributed by atoms with E-state index in [4.69, 9.17) is 0 Å². The van der Waals surface area contributed by atoms with Crippen LogP contribution in [0.1, 0.15) is 42.4 Å². The molecular weight excluding hydrogens is 358 g/mol. The van der Waals surface area contributed by atoms with Gasteiger partial charge in [0.2, 0.25) is 0 Å². The number of fused-ring (bicyclic) bond motifs is 1. The van der Waals surface area contributed by atoms with Gasteiger partial charge in [-0.3, -0.25) is 0 Å². The normalized spacial score (nSPS) is 20.1. The third kappa shape index (κ3) is 5.52. The Morgan fingerprint density at radius 3 is 2.71 bits per heavy atom. The Hall–Kier alpha value is -1.51. The van der Waals surface area contributed by atoms with Gasteiger partial charge in [0.05, 0.1) is 0 Å². The quantitative estimate of drug-likeness (QED) is 0.550. The van der Waals surface area contributed by atoms with Crippen molar-refractivity contribution in [1.82, 2.24) is 4.90 Å². The van der Waals surface area contributed by atoms with Crippen LogP contribution in [0.25, 0.3) is 0 Å². The van der Waals surface area contributed by atoms with Gasteiger partial charge in [-0.05, 0) is 81.6 Å². The van der Waals surface area contributed by atoms with Gasteiger partial charge in [0.1, 0.15) is 0 Å². The first kappa shape index (κ1) is 19.8. The van der Waals surface area contributed by atoms with E-state index >= 15 is 0 Å². The minimum atomic E-state index is 0.871. The summed E-state index contributed by atoms with van der Waals surface area (Å²) in [5.74, 6) is 2.10. The lowest BCUT2D eigenvalue weighted by Crippen LogP contribution is -2.34. The van der Waals surface area contributed by atoms with Crippen LogP contribution >= 0.6 is 11.8 Å². The summed E-state index contributed by atoms with van der Waals surface area (Å²) in [4.78, 5) is 4.18.